The summed E-state index contributed by atoms with van der Waals surface area (Å²) in [6, 6.07) is 3.64. The Morgan fingerprint density at radius 2 is 1.95 bits per heavy atom. The van der Waals surface area contributed by atoms with Crippen molar-refractivity contribution >= 4 is 11.6 Å². The number of halogens is 3. The molecule has 3 atom stereocenters. The number of fused-ring (bicyclic) bond motifs is 2. The third-order valence-corrected chi connectivity index (χ3v) is 4.21. The van der Waals surface area contributed by atoms with E-state index in [0.29, 0.717) is 17.6 Å². The first-order valence-electron chi connectivity index (χ1n) is 6.62. The molecule has 2 heterocycles. The molecule has 19 heavy (non-hydrogen) atoms. The van der Waals surface area contributed by atoms with E-state index in [2.05, 4.69) is 5.32 Å². The predicted octanol–water partition coefficient (Wildman–Crippen LogP) is 3.61. The number of alkyl halides is 1. The summed E-state index contributed by atoms with van der Waals surface area (Å²) in [4.78, 5) is 0. The molecule has 3 rings (SSSR count). The first-order chi connectivity index (χ1) is 9.15. The molecule has 0 amide bonds. The Morgan fingerprint density at radius 1 is 1.26 bits per heavy atom. The molecule has 2 aliphatic heterocycles. The molecule has 2 saturated heterocycles. The molecule has 0 saturated carbocycles. The third kappa shape index (κ3) is 2.70. The van der Waals surface area contributed by atoms with Crippen molar-refractivity contribution in [3.05, 3.63) is 28.5 Å². The van der Waals surface area contributed by atoms with Gasteiger partial charge < -0.3 is 10.1 Å². The highest BCUT2D eigenvalue weighted by molar-refractivity contribution is 6.30. The molecule has 2 fully saturated rings. The lowest BCUT2D eigenvalue weighted by molar-refractivity contribution is 0.132. The minimum absolute atomic E-state index is 0.0147. The number of nitrogens with one attached hydrogen (secondary N) is 1. The summed E-state index contributed by atoms with van der Waals surface area (Å²) in [5.74, 6) is -0.517. The van der Waals surface area contributed by atoms with Crippen LogP contribution in [0.2, 0.25) is 5.02 Å². The van der Waals surface area contributed by atoms with E-state index in [1.165, 1.54) is 12.1 Å². The molecule has 0 spiro atoms. The molecule has 2 aliphatic rings. The van der Waals surface area contributed by atoms with Gasteiger partial charge in [0, 0.05) is 12.1 Å². The summed E-state index contributed by atoms with van der Waals surface area (Å²) in [7, 11) is 0. The van der Waals surface area contributed by atoms with Gasteiger partial charge in [0.2, 0.25) is 0 Å². The van der Waals surface area contributed by atoms with Gasteiger partial charge in [-0.1, -0.05) is 11.6 Å². The smallest absolute Gasteiger partial charge is 0.183 e. The minimum atomic E-state index is -0.673. The third-order valence-electron chi connectivity index (χ3n) is 3.93. The zero-order valence-corrected chi connectivity index (χ0v) is 11.2. The maximum Gasteiger partial charge on any atom is 0.183 e. The van der Waals surface area contributed by atoms with E-state index in [0.717, 1.165) is 25.7 Å². The molecule has 1 N–H and O–H groups in total. The van der Waals surface area contributed by atoms with E-state index in [1.54, 1.807) is 0 Å². The van der Waals surface area contributed by atoms with E-state index in [1.807, 2.05) is 0 Å². The van der Waals surface area contributed by atoms with E-state index < -0.39 is 12.5 Å². The van der Waals surface area contributed by atoms with Crippen LogP contribution in [0, 0.1) is 5.82 Å². The van der Waals surface area contributed by atoms with Crippen molar-refractivity contribution in [1.82, 2.24) is 5.32 Å². The van der Waals surface area contributed by atoms with Crippen LogP contribution in [0.25, 0.3) is 0 Å². The number of ether oxygens (including phenoxy) is 1. The summed E-state index contributed by atoms with van der Waals surface area (Å²) in [6.45, 7) is -0.673. The highest BCUT2D eigenvalue weighted by Gasteiger charge is 2.34. The molecule has 104 valence electrons. The maximum absolute atomic E-state index is 13.9. The van der Waals surface area contributed by atoms with Gasteiger partial charge in [0.15, 0.2) is 11.6 Å². The first-order valence-corrected chi connectivity index (χ1v) is 7.00. The van der Waals surface area contributed by atoms with Crippen molar-refractivity contribution < 1.29 is 13.5 Å². The Balaban J connectivity index is 1.77. The monoisotopic (exact) mass is 287 g/mol. The summed E-state index contributed by atoms with van der Waals surface area (Å²) in [5.41, 5.74) is 0.346. The van der Waals surface area contributed by atoms with Crippen LogP contribution >= 0.6 is 11.6 Å². The minimum Gasteiger partial charge on any atom is -0.487 e. The zero-order chi connectivity index (χ0) is 13.4. The number of hydrogen-bond donors (Lipinski definition) is 1. The van der Waals surface area contributed by atoms with Crippen molar-refractivity contribution in [2.24, 2.45) is 0 Å². The summed E-state index contributed by atoms with van der Waals surface area (Å²) in [6.07, 6.45) is 4.02. The normalized spacial score (nSPS) is 29.5. The average molecular weight is 288 g/mol. The second-order valence-corrected chi connectivity index (χ2v) is 5.78. The maximum atomic E-state index is 13.9. The molecule has 1 aromatic rings. The summed E-state index contributed by atoms with van der Waals surface area (Å²) >= 11 is 5.75. The second-order valence-electron chi connectivity index (χ2n) is 5.37. The van der Waals surface area contributed by atoms with Gasteiger partial charge in [-0.3, -0.25) is 0 Å². The number of benzene rings is 1. The fraction of sp³-hybridized carbons (Fsp3) is 0.571. The standard InChI is InChI=1S/C14H16ClF2NO/c15-12-3-8(7-16)4-13(14(12)17)19-11-5-9-1-2-10(6-11)18-9/h3-4,9-11,18H,1-2,5-7H2/t9-,10+,11+. The van der Waals surface area contributed by atoms with E-state index >= 15 is 0 Å². The van der Waals surface area contributed by atoms with Gasteiger partial charge in [-0.15, -0.1) is 0 Å². The molecular weight excluding hydrogens is 272 g/mol. The van der Waals surface area contributed by atoms with Gasteiger partial charge in [-0.25, -0.2) is 8.78 Å². The lowest BCUT2D eigenvalue weighted by Crippen LogP contribution is -2.42. The van der Waals surface area contributed by atoms with Crippen molar-refractivity contribution in [2.75, 3.05) is 0 Å². The summed E-state index contributed by atoms with van der Waals surface area (Å²) < 4.78 is 32.3. The van der Waals surface area contributed by atoms with Crippen LogP contribution in [-0.4, -0.2) is 18.2 Å². The predicted molar refractivity (Wildman–Crippen MR) is 69.8 cm³/mol. The Labute approximate surface area is 116 Å². The van der Waals surface area contributed by atoms with Gasteiger partial charge in [0.05, 0.1) is 5.02 Å². The Morgan fingerprint density at radius 3 is 2.58 bits per heavy atom. The van der Waals surface area contributed by atoms with Crippen LogP contribution in [0.4, 0.5) is 8.78 Å². The van der Waals surface area contributed by atoms with Gasteiger partial charge in [-0.2, -0.15) is 0 Å². The average Bonchev–Trinajstić information content (AvgIpc) is 2.74. The van der Waals surface area contributed by atoms with Gasteiger partial charge in [0.1, 0.15) is 12.8 Å². The van der Waals surface area contributed by atoms with Crippen molar-refractivity contribution in [1.29, 1.82) is 0 Å². The van der Waals surface area contributed by atoms with Crippen molar-refractivity contribution in [3.63, 3.8) is 0 Å². The SMILES string of the molecule is FCc1cc(Cl)c(F)c(O[C@H]2C[C@H]3CC[C@@H](C2)N3)c1. The van der Waals surface area contributed by atoms with E-state index in [9.17, 15) is 8.78 Å². The molecule has 5 heteroatoms. The second kappa shape index (κ2) is 5.25. The molecule has 1 aromatic carbocycles. The van der Waals surface area contributed by atoms with Gasteiger partial charge in [-0.05, 0) is 43.4 Å². The van der Waals surface area contributed by atoms with Crippen LogP contribution < -0.4 is 10.1 Å². The van der Waals surface area contributed by atoms with Crippen molar-refractivity contribution in [3.8, 4) is 5.75 Å². The van der Waals surface area contributed by atoms with Crippen LogP contribution in [0.5, 0.6) is 5.75 Å². The number of rotatable bonds is 3. The molecule has 2 nitrogen and oxygen atoms in total. The fourth-order valence-corrected chi connectivity index (χ4v) is 3.29. The number of piperidine rings is 1. The van der Waals surface area contributed by atoms with E-state index in [-0.39, 0.29) is 16.9 Å². The topological polar surface area (TPSA) is 21.3 Å². The zero-order valence-electron chi connectivity index (χ0n) is 10.5. The molecule has 2 bridgehead atoms. The lowest BCUT2D eigenvalue weighted by Gasteiger charge is -2.29. The van der Waals surface area contributed by atoms with Crippen LogP contribution in [0.15, 0.2) is 12.1 Å². The molecule has 0 unspecified atom stereocenters. The highest BCUT2D eigenvalue weighted by atomic mass is 35.5. The number of hydrogen-bond acceptors (Lipinski definition) is 2. The van der Waals surface area contributed by atoms with Gasteiger partial charge in [0.25, 0.3) is 0 Å². The fourth-order valence-electron chi connectivity index (χ4n) is 3.06. The summed E-state index contributed by atoms with van der Waals surface area (Å²) in [5, 5.41) is 3.41. The van der Waals surface area contributed by atoms with Crippen LogP contribution in [-0.2, 0) is 6.67 Å². The first kappa shape index (κ1) is 13.1. The van der Waals surface area contributed by atoms with Crippen molar-refractivity contribution in [2.45, 2.75) is 50.5 Å². The molecule has 0 aliphatic carbocycles. The van der Waals surface area contributed by atoms with Crippen LogP contribution in [0.1, 0.15) is 31.2 Å². The molecule has 0 aromatic heterocycles. The Bertz CT molecular complexity index is 471. The Kier molecular flexibility index (Phi) is 3.63. The van der Waals surface area contributed by atoms with E-state index in [4.69, 9.17) is 16.3 Å². The molecular formula is C14H16ClF2NO. The largest absolute Gasteiger partial charge is 0.487 e. The van der Waals surface area contributed by atoms with Gasteiger partial charge >= 0.3 is 0 Å². The van der Waals surface area contributed by atoms with Crippen LogP contribution in [0.3, 0.4) is 0 Å². The quantitative estimate of drug-likeness (QED) is 0.917. The molecule has 0 radical (unpaired) electrons. The Hall–Kier alpha value is -0.870. The highest BCUT2D eigenvalue weighted by Crippen LogP contribution is 2.33. The lowest BCUT2D eigenvalue weighted by atomic mass is 10.0.